The normalized spacial score (nSPS) is 10.4. The molecule has 86 valence electrons. The van der Waals surface area contributed by atoms with Gasteiger partial charge in [0.15, 0.2) is 5.39 Å². The molecule has 1 aromatic carbocycles. The molecule has 1 aromatic heterocycles. The molecule has 2 aromatic rings. The van der Waals surface area contributed by atoms with E-state index in [1.165, 1.54) is 12.1 Å². The Morgan fingerprint density at radius 3 is 2.47 bits per heavy atom. The number of non-ortho nitro benzene ring substituents is 1. The minimum absolute atomic E-state index is 0.0883. The number of rotatable bonds is 2. The van der Waals surface area contributed by atoms with Crippen LogP contribution in [-0.4, -0.2) is 19.8 Å². The van der Waals surface area contributed by atoms with Crippen molar-refractivity contribution in [2.75, 3.05) is 0 Å². The molecule has 0 saturated heterocycles. The zero-order chi connectivity index (χ0) is 12.6. The van der Waals surface area contributed by atoms with Gasteiger partial charge in [0, 0.05) is 6.07 Å². The Morgan fingerprint density at radius 1 is 1.18 bits per heavy atom. The molecule has 0 aliphatic heterocycles. The van der Waals surface area contributed by atoms with Crippen LogP contribution in [0.15, 0.2) is 23.0 Å². The Labute approximate surface area is 92.0 Å². The summed E-state index contributed by atoms with van der Waals surface area (Å²) in [5, 5.41) is 21.2. The Bertz CT molecular complexity index is 692. The maximum atomic E-state index is 11.0. The lowest BCUT2D eigenvalue weighted by atomic mass is 10.2. The lowest BCUT2D eigenvalue weighted by Gasteiger charge is -1.99. The van der Waals surface area contributed by atoms with Crippen LogP contribution < -0.4 is 5.69 Å². The molecule has 0 bridgehead atoms. The van der Waals surface area contributed by atoms with Gasteiger partial charge in [-0.15, -0.1) is 0 Å². The Hall–Kier alpha value is -2.84. The van der Waals surface area contributed by atoms with Crippen LogP contribution in [-0.2, 0) is 0 Å². The summed E-state index contributed by atoms with van der Waals surface area (Å²) in [6, 6.07) is 3.70. The van der Waals surface area contributed by atoms with Crippen LogP contribution in [0.4, 0.5) is 11.5 Å². The molecule has 9 nitrogen and oxygen atoms in total. The van der Waals surface area contributed by atoms with Crippen molar-refractivity contribution in [2.45, 2.75) is 0 Å². The minimum atomic E-state index is -0.926. The molecule has 0 unspecified atom stereocenters. The van der Waals surface area contributed by atoms with Crippen molar-refractivity contribution in [1.82, 2.24) is 9.97 Å². The van der Waals surface area contributed by atoms with Gasteiger partial charge in [-0.2, -0.15) is 9.97 Å². The standard InChI is InChI=1S/C8H4N4O5/c13-8-9-4-2-1-3-5(11(14)15)6(4)7(10-8)12(16)17/h1-3H,(H,9,10,13). The second-order valence-corrected chi connectivity index (χ2v) is 3.08. The van der Waals surface area contributed by atoms with E-state index in [1.807, 2.05) is 4.98 Å². The molecular weight excluding hydrogens is 232 g/mol. The zero-order valence-corrected chi connectivity index (χ0v) is 8.11. The molecule has 0 aliphatic rings. The average Bonchev–Trinajstić information content (AvgIpc) is 2.26. The molecule has 1 N–H and O–H groups in total. The number of aromatic nitrogens is 2. The van der Waals surface area contributed by atoms with E-state index < -0.39 is 27.0 Å². The van der Waals surface area contributed by atoms with Crippen molar-refractivity contribution in [2.24, 2.45) is 0 Å². The number of nitro groups is 2. The third-order valence-corrected chi connectivity index (χ3v) is 2.08. The third kappa shape index (κ3) is 1.69. The molecule has 0 radical (unpaired) electrons. The Kier molecular flexibility index (Phi) is 2.28. The molecule has 17 heavy (non-hydrogen) atoms. The number of fused-ring (bicyclic) bond motifs is 1. The number of H-pyrrole nitrogens is 1. The van der Waals surface area contributed by atoms with E-state index in [1.54, 1.807) is 0 Å². The second-order valence-electron chi connectivity index (χ2n) is 3.08. The minimum Gasteiger partial charge on any atom is -0.358 e. The smallest absolute Gasteiger partial charge is 0.358 e. The number of nitrogens with zero attached hydrogens (tertiary/aromatic N) is 3. The molecule has 0 aliphatic carbocycles. The van der Waals surface area contributed by atoms with Crippen LogP contribution in [0.25, 0.3) is 10.9 Å². The average molecular weight is 236 g/mol. The van der Waals surface area contributed by atoms with E-state index in [9.17, 15) is 25.0 Å². The molecule has 0 atom stereocenters. The van der Waals surface area contributed by atoms with Crippen LogP contribution in [0.1, 0.15) is 0 Å². The highest BCUT2D eigenvalue weighted by Gasteiger charge is 2.23. The van der Waals surface area contributed by atoms with E-state index in [0.717, 1.165) is 6.07 Å². The summed E-state index contributed by atoms with van der Waals surface area (Å²) >= 11 is 0. The molecular formula is C8H4N4O5. The van der Waals surface area contributed by atoms with Gasteiger partial charge in [-0.1, -0.05) is 6.07 Å². The maximum Gasteiger partial charge on any atom is 0.433 e. The van der Waals surface area contributed by atoms with Crippen LogP contribution in [0, 0.1) is 20.2 Å². The van der Waals surface area contributed by atoms with Gasteiger partial charge in [0.05, 0.1) is 10.4 Å². The summed E-state index contributed by atoms with van der Waals surface area (Å²) in [6.45, 7) is 0. The van der Waals surface area contributed by atoms with E-state index in [2.05, 4.69) is 4.98 Å². The molecule has 1 heterocycles. The first-order valence-corrected chi connectivity index (χ1v) is 4.32. The van der Waals surface area contributed by atoms with E-state index in [0.29, 0.717) is 0 Å². The van der Waals surface area contributed by atoms with Gasteiger partial charge in [0.2, 0.25) is 0 Å². The van der Waals surface area contributed by atoms with Gasteiger partial charge in [-0.25, -0.2) is 4.79 Å². The number of aromatic amines is 1. The zero-order valence-electron chi connectivity index (χ0n) is 8.11. The van der Waals surface area contributed by atoms with Gasteiger partial charge in [-0.05, 0) is 11.0 Å². The summed E-state index contributed by atoms with van der Waals surface area (Å²) in [5.74, 6) is -0.729. The van der Waals surface area contributed by atoms with Crippen LogP contribution in [0.3, 0.4) is 0 Å². The predicted octanol–water partition coefficient (Wildman–Crippen LogP) is 0.739. The molecule has 0 amide bonds. The van der Waals surface area contributed by atoms with Gasteiger partial charge < -0.3 is 10.1 Å². The third-order valence-electron chi connectivity index (χ3n) is 2.08. The molecule has 0 saturated carbocycles. The van der Waals surface area contributed by atoms with E-state index >= 15 is 0 Å². The van der Waals surface area contributed by atoms with E-state index in [4.69, 9.17) is 0 Å². The predicted molar refractivity (Wildman–Crippen MR) is 55.7 cm³/mol. The first-order valence-electron chi connectivity index (χ1n) is 4.32. The highest BCUT2D eigenvalue weighted by atomic mass is 16.6. The highest BCUT2D eigenvalue weighted by Crippen LogP contribution is 2.29. The van der Waals surface area contributed by atoms with Crippen molar-refractivity contribution < 1.29 is 9.85 Å². The number of nitro benzene ring substituents is 1. The summed E-state index contributed by atoms with van der Waals surface area (Å²) in [4.78, 5) is 36.2. The topological polar surface area (TPSA) is 132 Å². The van der Waals surface area contributed by atoms with E-state index in [-0.39, 0.29) is 10.9 Å². The summed E-state index contributed by atoms with van der Waals surface area (Å²) in [7, 11) is 0. The molecule has 0 spiro atoms. The SMILES string of the molecule is O=c1nc2cccc([N+](=O)[O-])c2c([N+](=O)[O-])[nH]1. The first-order chi connectivity index (χ1) is 8.00. The Balaban J connectivity index is 3.01. The van der Waals surface area contributed by atoms with Crippen molar-refractivity contribution in [1.29, 1.82) is 0 Å². The number of hydrogen-bond acceptors (Lipinski definition) is 6. The fourth-order valence-electron chi connectivity index (χ4n) is 1.45. The maximum absolute atomic E-state index is 11.0. The van der Waals surface area contributed by atoms with Crippen molar-refractivity contribution in [3.05, 3.63) is 48.9 Å². The van der Waals surface area contributed by atoms with Crippen molar-refractivity contribution in [3.8, 4) is 0 Å². The van der Waals surface area contributed by atoms with Gasteiger partial charge in [-0.3, -0.25) is 10.1 Å². The van der Waals surface area contributed by atoms with Crippen molar-refractivity contribution in [3.63, 3.8) is 0 Å². The van der Waals surface area contributed by atoms with Gasteiger partial charge in [0.25, 0.3) is 5.69 Å². The molecule has 0 fully saturated rings. The number of hydrogen-bond donors (Lipinski definition) is 1. The van der Waals surface area contributed by atoms with Crippen LogP contribution >= 0.6 is 0 Å². The fourth-order valence-corrected chi connectivity index (χ4v) is 1.45. The van der Waals surface area contributed by atoms with Crippen LogP contribution in [0.5, 0.6) is 0 Å². The van der Waals surface area contributed by atoms with Gasteiger partial charge >= 0.3 is 11.5 Å². The lowest BCUT2D eigenvalue weighted by Crippen LogP contribution is -2.13. The fraction of sp³-hybridized carbons (Fsp3) is 0. The lowest BCUT2D eigenvalue weighted by molar-refractivity contribution is -0.393. The quantitative estimate of drug-likeness (QED) is 0.603. The monoisotopic (exact) mass is 236 g/mol. The Morgan fingerprint density at radius 2 is 1.88 bits per heavy atom. The molecule has 9 heteroatoms. The highest BCUT2D eigenvalue weighted by molar-refractivity contribution is 5.93. The second kappa shape index (κ2) is 3.63. The summed E-state index contributed by atoms with van der Waals surface area (Å²) in [5.41, 5.74) is -1.49. The number of benzene rings is 1. The largest absolute Gasteiger partial charge is 0.433 e. The van der Waals surface area contributed by atoms with Crippen molar-refractivity contribution >= 4 is 22.4 Å². The first kappa shape index (κ1) is 10.7. The van der Waals surface area contributed by atoms with Crippen LogP contribution in [0.2, 0.25) is 0 Å². The summed E-state index contributed by atoms with van der Waals surface area (Å²) in [6.07, 6.45) is 0. The summed E-state index contributed by atoms with van der Waals surface area (Å²) < 4.78 is 0. The number of nitrogens with one attached hydrogen (secondary N) is 1. The molecule has 2 rings (SSSR count). The van der Waals surface area contributed by atoms with Gasteiger partial charge in [0.1, 0.15) is 0 Å².